The fraction of sp³-hybridized carbons (Fsp3) is 0.533. The van der Waals surface area contributed by atoms with Gasteiger partial charge in [0, 0.05) is 25.2 Å². The molecule has 0 aromatic carbocycles. The number of nitrogens with two attached hydrogens (primary N) is 1. The lowest BCUT2D eigenvalue weighted by molar-refractivity contribution is 0.112. The van der Waals surface area contributed by atoms with Gasteiger partial charge in [-0.15, -0.1) is 11.3 Å². The van der Waals surface area contributed by atoms with E-state index in [1.807, 2.05) is 11.4 Å². The molecular weight excluding hydrogens is 270 g/mol. The highest BCUT2D eigenvalue weighted by atomic mass is 32.1. The molecule has 4 nitrogen and oxygen atoms in total. The zero-order chi connectivity index (χ0) is 13.9. The van der Waals surface area contributed by atoms with Crippen LogP contribution in [0.25, 0.3) is 10.6 Å². The SMILES string of the molecule is CC1CCN(Cc2cc(-c3cccs3)on2)C(CN)C1. The van der Waals surface area contributed by atoms with Crippen molar-refractivity contribution in [2.45, 2.75) is 32.4 Å². The van der Waals surface area contributed by atoms with Crippen molar-refractivity contribution in [1.29, 1.82) is 0 Å². The molecule has 2 aromatic rings. The molecule has 3 heterocycles. The second-order valence-corrected chi connectivity index (χ2v) is 6.60. The first-order chi connectivity index (χ1) is 9.76. The van der Waals surface area contributed by atoms with E-state index in [4.69, 9.17) is 10.3 Å². The van der Waals surface area contributed by atoms with Crippen LogP contribution in [0.15, 0.2) is 28.1 Å². The van der Waals surface area contributed by atoms with Crippen molar-refractivity contribution >= 4 is 11.3 Å². The van der Waals surface area contributed by atoms with Gasteiger partial charge in [0.25, 0.3) is 0 Å². The molecule has 1 aliphatic heterocycles. The third kappa shape index (κ3) is 2.95. The van der Waals surface area contributed by atoms with Crippen molar-refractivity contribution in [3.8, 4) is 10.6 Å². The van der Waals surface area contributed by atoms with Gasteiger partial charge in [-0.1, -0.05) is 18.1 Å². The Morgan fingerprint density at radius 1 is 1.55 bits per heavy atom. The Morgan fingerprint density at radius 3 is 3.20 bits per heavy atom. The molecular formula is C15H21N3OS. The summed E-state index contributed by atoms with van der Waals surface area (Å²) in [7, 11) is 0. The smallest absolute Gasteiger partial charge is 0.177 e. The van der Waals surface area contributed by atoms with Crippen LogP contribution in [0.4, 0.5) is 0 Å². The lowest BCUT2D eigenvalue weighted by atomic mass is 9.92. The molecule has 2 aromatic heterocycles. The lowest BCUT2D eigenvalue weighted by Gasteiger charge is -2.37. The van der Waals surface area contributed by atoms with E-state index in [1.54, 1.807) is 11.3 Å². The Bertz CT molecular complexity index is 537. The first kappa shape index (κ1) is 13.8. The van der Waals surface area contributed by atoms with Crippen molar-refractivity contribution in [2.75, 3.05) is 13.1 Å². The Balaban J connectivity index is 1.68. The van der Waals surface area contributed by atoms with Crippen LogP contribution in [0.3, 0.4) is 0 Å². The Morgan fingerprint density at radius 2 is 2.45 bits per heavy atom. The minimum Gasteiger partial charge on any atom is -0.355 e. The van der Waals surface area contributed by atoms with Gasteiger partial charge in [-0.2, -0.15) is 0 Å². The van der Waals surface area contributed by atoms with E-state index >= 15 is 0 Å². The number of likely N-dealkylation sites (tertiary alicyclic amines) is 1. The third-order valence-corrected chi connectivity index (χ3v) is 4.94. The number of thiophene rings is 1. The number of rotatable bonds is 4. The van der Waals surface area contributed by atoms with E-state index in [0.29, 0.717) is 6.04 Å². The number of hydrogen-bond donors (Lipinski definition) is 1. The van der Waals surface area contributed by atoms with Crippen molar-refractivity contribution in [1.82, 2.24) is 10.1 Å². The summed E-state index contributed by atoms with van der Waals surface area (Å²) in [6, 6.07) is 6.61. The average Bonchev–Trinajstić information content (AvgIpc) is 3.11. The van der Waals surface area contributed by atoms with E-state index in [-0.39, 0.29) is 0 Å². The fourth-order valence-electron chi connectivity index (χ4n) is 2.88. The monoisotopic (exact) mass is 291 g/mol. The Hall–Kier alpha value is -1.17. The number of nitrogens with zero attached hydrogens (tertiary/aromatic N) is 2. The summed E-state index contributed by atoms with van der Waals surface area (Å²) in [5.74, 6) is 1.64. The molecule has 1 saturated heterocycles. The zero-order valence-corrected chi connectivity index (χ0v) is 12.6. The quantitative estimate of drug-likeness (QED) is 0.941. The highest BCUT2D eigenvalue weighted by Crippen LogP contribution is 2.27. The van der Waals surface area contributed by atoms with Crippen LogP contribution >= 0.6 is 11.3 Å². The van der Waals surface area contributed by atoms with E-state index in [9.17, 15) is 0 Å². The molecule has 3 rings (SSSR count). The number of piperidine rings is 1. The molecule has 1 fully saturated rings. The standard InChI is InChI=1S/C15H21N3OS/c1-11-4-5-18(13(7-11)9-16)10-12-8-14(19-17-12)15-3-2-6-20-15/h2-3,6,8,11,13H,4-5,7,9-10,16H2,1H3. The molecule has 0 aliphatic carbocycles. The summed E-state index contributed by atoms with van der Waals surface area (Å²) in [5.41, 5.74) is 6.91. The van der Waals surface area contributed by atoms with Crippen LogP contribution in [0, 0.1) is 5.92 Å². The molecule has 0 amide bonds. The molecule has 108 valence electrons. The average molecular weight is 291 g/mol. The topological polar surface area (TPSA) is 55.3 Å². The highest BCUT2D eigenvalue weighted by molar-refractivity contribution is 7.13. The van der Waals surface area contributed by atoms with E-state index < -0.39 is 0 Å². The second kappa shape index (κ2) is 6.08. The van der Waals surface area contributed by atoms with Gasteiger partial charge < -0.3 is 10.3 Å². The fourth-order valence-corrected chi connectivity index (χ4v) is 3.56. The molecule has 0 radical (unpaired) electrons. The summed E-state index contributed by atoms with van der Waals surface area (Å²) in [6.45, 7) is 4.97. The van der Waals surface area contributed by atoms with E-state index in [1.165, 1.54) is 12.8 Å². The third-order valence-electron chi connectivity index (χ3n) is 4.06. The molecule has 20 heavy (non-hydrogen) atoms. The Labute approximate surface area is 123 Å². The van der Waals surface area contributed by atoms with Crippen molar-refractivity contribution < 1.29 is 4.52 Å². The molecule has 5 heteroatoms. The van der Waals surface area contributed by atoms with Gasteiger partial charge in [-0.05, 0) is 36.8 Å². The summed E-state index contributed by atoms with van der Waals surface area (Å²) >= 11 is 1.67. The summed E-state index contributed by atoms with van der Waals surface area (Å²) < 4.78 is 5.44. The maximum absolute atomic E-state index is 5.91. The number of hydrogen-bond acceptors (Lipinski definition) is 5. The van der Waals surface area contributed by atoms with Gasteiger partial charge >= 0.3 is 0 Å². The van der Waals surface area contributed by atoms with Gasteiger partial charge in [0.15, 0.2) is 5.76 Å². The maximum Gasteiger partial charge on any atom is 0.177 e. The van der Waals surface area contributed by atoms with E-state index in [0.717, 1.165) is 41.9 Å². The first-order valence-corrected chi connectivity index (χ1v) is 8.08. The lowest BCUT2D eigenvalue weighted by Crippen LogP contribution is -2.45. The maximum atomic E-state index is 5.91. The molecule has 2 atom stereocenters. The van der Waals surface area contributed by atoms with Crippen LogP contribution < -0.4 is 5.73 Å². The van der Waals surface area contributed by atoms with Gasteiger partial charge in [0.2, 0.25) is 0 Å². The minimum absolute atomic E-state index is 0.473. The van der Waals surface area contributed by atoms with Crippen molar-refractivity contribution in [3.63, 3.8) is 0 Å². The molecule has 0 saturated carbocycles. The van der Waals surface area contributed by atoms with Crippen LogP contribution in [0.5, 0.6) is 0 Å². The number of aromatic nitrogens is 1. The van der Waals surface area contributed by atoms with Crippen molar-refractivity contribution in [2.24, 2.45) is 11.7 Å². The van der Waals surface area contributed by atoms with Crippen molar-refractivity contribution in [3.05, 3.63) is 29.3 Å². The molecule has 2 N–H and O–H groups in total. The van der Waals surface area contributed by atoms with Crippen LogP contribution in [0.2, 0.25) is 0 Å². The minimum atomic E-state index is 0.473. The van der Waals surface area contributed by atoms with Gasteiger partial charge in [0.1, 0.15) is 0 Å². The normalized spacial score (nSPS) is 24.1. The zero-order valence-electron chi connectivity index (χ0n) is 11.8. The summed E-state index contributed by atoms with van der Waals surface area (Å²) in [5, 5.41) is 6.25. The van der Waals surface area contributed by atoms with Gasteiger partial charge in [-0.3, -0.25) is 4.90 Å². The highest BCUT2D eigenvalue weighted by Gasteiger charge is 2.26. The predicted octanol–water partition coefficient (Wildman–Crippen LogP) is 2.96. The summed E-state index contributed by atoms with van der Waals surface area (Å²) in [4.78, 5) is 3.57. The predicted molar refractivity (Wildman–Crippen MR) is 81.5 cm³/mol. The van der Waals surface area contributed by atoms with Crippen LogP contribution in [-0.2, 0) is 6.54 Å². The van der Waals surface area contributed by atoms with Crippen LogP contribution in [0.1, 0.15) is 25.5 Å². The largest absolute Gasteiger partial charge is 0.355 e. The second-order valence-electron chi connectivity index (χ2n) is 5.65. The molecule has 2 unspecified atom stereocenters. The summed E-state index contributed by atoms with van der Waals surface area (Å²) in [6.07, 6.45) is 2.43. The van der Waals surface area contributed by atoms with Crippen LogP contribution in [-0.4, -0.2) is 29.2 Å². The molecule has 1 aliphatic rings. The molecule has 0 bridgehead atoms. The van der Waals surface area contributed by atoms with Gasteiger partial charge in [0.05, 0.1) is 10.6 Å². The van der Waals surface area contributed by atoms with Gasteiger partial charge in [-0.25, -0.2) is 0 Å². The molecule has 0 spiro atoms. The Kier molecular flexibility index (Phi) is 4.19. The van der Waals surface area contributed by atoms with E-state index in [2.05, 4.69) is 29.1 Å². The first-order valence-electron chi connectivity index (χ1n) is 7.20.